The third kappa shape index (κ3) is 6.94. The number of amides is 1. The Morgan fingerprint density at radius 2 is 1.83 bits per heavy atom. The molecule has 0 bridgehead atoms. The van der Waals surface area contributed by atoms with Crippen molar-refractivity contribution in [3.8, 4) is 5.75 Å². The van der Waals surface area contributed by atoms with Gasteiger partial charge in [0.1, 0.15) is 11.6 Å². The molecule has 2 aromatic rings. The van der Waals surface area contributed by atoms with Gasteiger partial charge in [-0.2, -0.15) is 0 Å². The van der Waals surface area contributed by atoms with Crippen molar-refractivity contribution in [2.24, 2.45) is 11.7 Å². The summed E-state index contributed by atoms with van der Waals surface area (Å²) in [5, 5.41) is 0. The van der Waals surface area contributed by atoms with Gasteiger partial charge < -0.3 is 25.0 Å². The van der Waals surface area contributed by atoms with Gasteiger partial charge in [0.05, 0.1) is 25.1 Å². The first-order valence-electron chi connectivity index (χ1n) is 12.2. The largest absolute Gasteiger partial charge is 0.490 e. The number of likely N-dealkylation sites (tertiary alicyclic amines) is 1. The number of nitrogens with two attached hydrogens (primary N) is 1. The van der Waals surface area contributed by atoms with Crippen LogP contribution in [0.5, 0.6) is 5.75 Å². The van der Waals surface area contributed by atoms with Gasteiger partial charge in [-0.05, 0) is 62.8 Å². The number of rotatable bonds is 6. The summed E-state index contributed by atoms with van der Waals surface area (Å²) < 4.78 is 39.0. The summed E-state index contributed by atoms with van der Waals surface area (Å²) in [5.74, 6) is 0.300. The van der Waals surface area contributed by atoms with Crippen LogP contribution in [0.15, 0.2) is 30.6 Å². The number of nitrogens with zero attached hydrogens (tertiary/aromatic N) is 4. The molecule has 0 unspecified atom stereocenters. The van der Waals surface area contributed by atoms with Crippen molar-refractivity contribution in [3.05, 3.63) is 47.8 Å². The smallest absolute Gasteiger partial charge is 0.410 e. The van der Waals surface area contributed by atoms with Gasteiger partial charge in [-0.3, -0.25) is 0 Å². The Bertz CT molecular complexity index is 1010. The lowest BCUT2D eigenvalue weighted by atomic mass is 9.85. The summed E-state index contributed by atoms with van der Waals surface area (Å²) in [6.07, 6.45) is 5.18. The number of hydrogen-bond donors (Lipinski definition) is 1. The van der Waals surface area contributed by atoms with Crippen molar-refractivity contribution < 1.29 is 23.0 Å². The lowest BCUT2D eigenvalue weighted by molar-refractivity contribution is 0.0608. The second-order valence-electron chi connectivity index (χ2n) is 9.56. The number of anilines is 1. The molecule has 0 aliphatic carbocycles. The van der Waals surface area contributed by atoms with Crippen LogP contribution in [-0.2, 0) is 4.74 Å². The van der Waals surface area contributed by atoms with Crippen LogP contribution >= 0.6 is 12.4 Å². The lowest BCUT2D eigenvalue weighted by Crippen LogP contribution is -2.48. The standard InChI is InChI=1S/C25H33F2N5O3.ClH/c1-16(2)35-25(33)31-8-5-17(6-9-31)15-34-19-12-29-24(30-13-19)32-10-7-20(23(28)14-32)21-11-18(26)3-4-22(21)27;/h3-4,11-13,16-17,20,23H,5-10,14-15,28H2,1-2H3;1H/t20-,23+;/m1./s1. The SMILES string of the molecule is CC(C)OC(=O)N1CCC(COc2cnc(N3CC[C@H](c4cc(F)ccc4F)[C@@H](N)C3)nc2)CC1.Cl. The van der Waals surface area contributed by atoms with Gasteiger partial charge in [0.15, 0.2) is 5.75 Å². The molecule has 2 saturated heterocycles. The Hall–Kier alpha value is -2.72. The predicted molar refractivity (Wildman–Crippen MR) is 135 cm³/mol. The number of carbonyl (C=O) groups is 1. The Kier molecular flexibility index (Phi) is 9.67. The minimum absolute atomic E-state index is 0. The monoisotopic (exact) mass is 525 g/mol. The van der Waals surface area contributed by atoms with Gasteiger partial charge in [-0.25, -0.2) is 23.5 Å². The van der Waals surface area contributed by atoms with Crippen molar-refractivity contribution in [1.29, 1.82) is 0 Å². The van der Waals surface area contributed by atoms with Crippen molar-refractivity contribution in [3.63, 3.8) is 0 Å². The van der Waals surface area contributed by atoms with E-state index in [4.69, 9.17) is 15.2 Å². The molecule has 2 N–H and O–H groups in total. The highest BCUT2D eigenvalue weighted by molar-refractivity contribution is 5.85. The molecule has 1 aromatic heterocycles. The first-order chi connectivity index (χ1) is 16.8. The summed E-state index contributed by atoms with van der Waals surface area (Å²) in [6.45, 7) is 6.57. The van der Waals surface area contributed by atoms with Crippen molar-refractivity contribution >= 4 is 24.4 Å². The first kappa shape index (κ1) is 27.9. The van der Waals surface area contributed by atoms with E-state index in [1.54, 1.807) is 17.3 Å². The molecule has 198 valence electrons. The fraction of sp³-hybridized carbons (Fsp3) is 0.560. The van der Waals surface area contributed by atoms with Crippen LogP contribution in [-0.4, -0.2) is 65.9 Å². The average molecular weight is 526 g/mol. The predicted octanol–water partition coefficient (Wildman–Crippen LogP) is 4.13. The molecule has 36 heavy (non-hydrogen) atoms. The molecule has 0 saturated carbocycles. The van der Waals surface area contributed by atoms with Crippen LogP contribution in [0, 0.1) is 17.6 Å². The summed E-state index contributed by atoms with van der Waals surface area (Å²) in [7, 11) is 0. The zero-order valence-electron chi connectivity index (χ0n) is 20.6. The molecule has 1 amide bonds. The van der Waals surface area contributed by atoms with Gasteiger partial charge in [-0.15, -0.1) is 12.4 Å². The summed E-state index contributed by atoms with van der Waals surface area (Å²) >= 11 is 0. The highest BCUT2D eigenvalue weighted by atomic mass is 35.5. The van der Waals surface area contributed by atoms with Gasteiger partial charge >= 0.3 is 6.09 Å². The summed E-state index contributed by atoms with van der Waals surface area (Å²) in [5.41, 5.74) is 6.65. The maximum absolute atomic E-state index is 14.2. The Labute approximate surface area is 216 Å². The molecule has 11 heteroatoms. The van der Waals surface area contributed by atoms with E-state index in [1.165, 1.54) is 6.07 Å². The van der Waals surface area contributed by atoms with E-state index >= 15 is 0 Å². The second kappa shape index (κ2) is 12.5. The molecule has 4 rings (SSSR count). The van der Waals surface area contributed by atoms with E-state index in [1.807, 2.05) is 18.7 Å². The Balaban J connectivity index is 0.00000361. The molecule has 0 spiro atoms. The number of aromatic nitrogens is 2. The summed E-state index contributed by atoms with van der Waals surface area (Å²) in [6, 6.07) is 3.13. The van der Waals surface area contributed by atoms with Crippen molar-refractivity contribution in [2.45, 2.75) is 51.2 Å². The molecule has 0 radical (unpaired) electrons. The summed E-state index contributed by atoms with van der Waals surface area (Å²) in [4.78, 5) is 24.5. The maximum atomic E-state index is 14.2. The molecule has 2 atom stereocenters. The van der Waals surface area contributed by atoms with Crippen LogP contribution in [0.25, 0.3) is 0 Å². The lowest BCUT2D eigenvalue weighted by Gasteiger charge is -2.37. The van der Waals surface area contributed by atoms with E-state index < -0.39 is 11.6 Å². The van der Waals surface area contributed by atoms with E-state index in [-0.39, 0.29) is 36.6 Å². The molecular formula is C25H34ClF2N5O3. The molecule has 2 aliphatic rings. The third-order valence-electron chi connectivity index (χ3n) is 6.61. The minimum atomic E-state index is -0.464. The van der Waals surface area contributed by atoms with E-state index in [9.17, 15) is 13.6 Å². The van der Waals surface area contributed by atoms with Crippen LogP contribution in [0.4, 0.5) is 19.5 Å². The fourth-order valence-electron chi connectivity index (χ4n) is 4.67. The molecule has 2 fully saturated rings. The first-order valence-corrected chi connectivity index (χ1v) is 12.2. The normalized spacial score (nSPS) is 20.7. The van der Waals surface area contributed by atoms with Crippen LogP contribution < -0.4 is 15.4 Å². The number of halogens is 3. The maximum Gasteiger partial charge on any atom is 0.410 e. The van der Waals surface area contributed by atoms with Crippen LogP contribution in [0.1, 0.15) is 44.6 Å². The van der Waals surface area contributed by atoms with Crippen LogP contribution in [0.2, 0.25) is 0 Å². The van der Waals surface area contributed by atoms with E-state index in [2.05, 4.69) is 9.97 Å². The van der Waals surface area contributed by atoms with Gasteiger partial charge in [0.25, 0.3) is 0 Å². The molecular weight excluding hydrogens is 492 g/mol. The van der Waals surface area contributed by atoms with Gasteiger partial charge in [0.2, 0.25) is 5.95 Å². The molecule has 8 nitrogen and oxygen atoms in total. The Morgan fingerprint density at radius 3 is 2.47 bits per heavy atom. The number of benzene rings is 1. The zero-order valence-corrected chi connectivity index (χ0v) is 21.4. The third-order valence-corrected chi connectivity index (χ3v) is 6.61. The van der Waals surface area contributed by atoms with Crippen molar-refractivity contribution in [1.82, 2.24) is 14.9 Å². The molecule has 2 aliphatic heterocycles. The van der Waals surface area contributed by atoms with E-state index in [0.29, 0.717) is 62.4 Å². The number of piperidine rings is 2. The molecule has 3 heterocycles. The van der Waals surface area contributed by atoms with Gasteiger partial charge in [-0.1, -0.05) is 0 Å². The number of carbonyl (C=O) groups excluding carboxylic acids is 1. The quantitative estimate of drug-likeness (QED) is 0.606. The van der Waals surface area contributed by atoms with Gasteiger partial charge in [0, 0.05) is 38.1 Å². The fourth-order valence-corrected chi connectivity index (χ4v) is 4.67. The molecule has 1 aromatic carbocycles. The highest BCUT2D eigenvalue weighted by Gasteiger charge is 2.31. The Morgan fingerprint density at radius 1 is 1.14 bits per heavy atom. The topological polar surface area (TPSA) is 93.8 Å². The number of ether oxygens (including phenoxy) is 2. The minimum Gasteiger partial charge on any atom is -0.490 e. The zero-order chi connectivity index (χ0) is 24.9. The van der Waals surface area contributed by atoms with Crippen LogP contribution in [0.3, 0.4) is 0 Å². The average Bonchev–Trinajstić information content (AvgIpc) is 2.84. The van der Waals surface area contributed by atoms with Crippen molar-refractivity contribution in [2.75, 3.05) is 37.7 Å². The number of hydrogen-bond acceptors (Lipinski definition) is 7. The van der Waals surface area contributed by atoms with E-state index in [0.717, 1.165) is 25.0 Å². The second-order valence-corrected chi connectivity index (χ2v) is 9.56. The highest BCUT2D eigenvalue weighted by Crippen LogP contribution is 2.31.